The first kappa shape index (κ1) is 23.1. The van der Waals surface area contributed by atoms with Crippen LogP contribution in [0.5, 0.6) is 0 Å². The third-order valence-corrected chi connectivity index (χ3v) is 5.62. The van der Waals surface area contributed by atoms with Gasteiger partial charge in [-0.05, 0) is 44.1 Å². The molecular formula is C24H35NO4. The van der Waals surface area contributed by atoms with Crippen LogP contribution in [0.3, 0.4) is 0 Å². The van der Waals surface area contributed by atoms with Crippen LogP contribution in [0.2, 0.25) is 0 Å². The summed E-state index contributed by atoms with van der Waals surface area (Å²) in [5.41, 5.74) is 1.22. The number of amides is 1. The molecule has 5 nitrogen and oxygen atoms in total. The third kappa shape index (κ3) is 8.82. The molecule has 2 unspecified atom stereocenters. The van der Waals surface area contributed by atoms with Gasteiger partial charge in [-0.3, -0.25) is 9.59 Å². The summed E-state index contributed by atoms with van der Waals surface area (Å²) >= 11 is 0. The first-order valence-electron chi connectivity index (χ1n) is 10.9. The van der Waals surface area contributed by atoms with Gasteiger partial charge in [0.2, 0.25) is 5.91 Å². The van der Waals surface area contributed by atoms with Crippen LogP contribution >= 0.6 is 0 Å². The van der Waals surface area contributed by atoms with Gasteiger partial charge in [-0.25, -0.2) is 0 Å². The maximum absolute atomic E-state index is 12.4. The smallest absolute Gasteiger partial charge is 0.303 e. The number of carboxylic acid groups (broad SMARTS) is 1. The molecule has 2 atom stereocenters. The van der Waals surface area contributed by atoms with Crippen molar-refractivity contribution in [2.24, 2.45) is 5.92 Å². The molecule has 1 fully saturated rings. The van der Waals surface area contributed by atoms with Crippen LogP contribution in [0.1, 0.15) is 63.4 Å². The number of carbonyl (C=O) groups is 2. The van der Waals surface area contributed by atoms with Crippen LogP contribution < -0.4 is 0 Å². The van der Waals surface area contributed by atoms with E-state index < -0.39 is 5.97 Å². The van der Waals surface area contributed by atoms with Crippen LogP contribution in [0.4, 0.5) is 0 Å². The molecule has 0 spiro atoms. The largest absolute Gasteiger partial charge is 0.481 e. The molecule has 29 heavy (non-hydrogen) atoms. The Morgan fingerprint density at radius 3 is 2.66 bits per heavy atom. The molecule has 0 aromatic heterocycles. The number of unbranched alkanes of at least 4 members (excludes halogenated alkanes) is 3. The second-order valence-corrected chi connectivity index (χ2v) is 7.99. The molecule has 1 saturated heterocycles. The highest BCUT2D eigenvalue weighted by molar-refractivity contribution is 5.77. The normalized spacial score (nSPS) is 18.3. The highest BCUT2D eigenvalue weighted by atomic mass is 16.4. The fourth-order valence-corrected chi connectivity index (χ4v) is 3.99. The summed E-state index contributed by atoms with van der Waals surface area (Å²) in [4.78, 5) is 25.0. The van der Waals surface area contributed by atoms with Gasteiger partial charge in [0.05, 0.1) is 0 Å². The Morgan fingerprint density at radius 1 is 1.17 bits per heavy atom. The summed E-state index contributed by atoms with van der Waals surface area (Å²) in [5, 5.41) is 18.4. The van der Waals surface area contributed by atoms with Gasteiger partial charge in [0, 0.05) is 38.0 Å². The number of benzene rings is 1. The van der Waals surface area contributed by atoms with Gasteiger partial charge in [0.25, 0.3) is 0 Å². The second kappa shape index (κ2) is 13.2. The minimum atomic E-state index is -0.739. The van der Waals surface area contributed by atoms with Gasteiger partial charge in [-0.2, -0.15) is 0 Å². The minimum absolute atomic E-state index is 0.0966. The number of carboxylic acids is 1. The molecule has 1 aromatic rings. The summed E-state index contributed by atoms with van der Waals surface area (Å²) < 4.78 is 0. The van der Waals surface area contributed by atoms with Crippen molar-refractivity contribution in [3.8, 4) is 0 Å². The molecule has 5 heteroatoms. The summed E-state index contributed by atoms with van der Waals surface area (Å²) in [7, 11) is 0. The van der Waals surface area contributed by atoms with Crippen molar-refractivity contribution >= 4 is 11.9 Å². The van der Waals surface area contributed by atoms with E-state index in [9.17, 15) is 14.7 Å². The summed E-state index contributed by atoms with van der Waals surface area (Å²) in [6.45, 7) is 0.882. The van der Waals surface area contributed by atoms with E-state index in [-0.39, 0.29) is 30.9 Å². The molecule has 0 bridgehead atoms. The SMILES string of the molecule is O=C(O)CCCCCCN1C(=O)CCCC1C/C=C/C(CO)Cc1ccccc1. The quantitative estimate of drug-likeness (QED) is 0.384. The molecule has 0 aliphatic carbocycles. The van der Waals surface area contributed by atoms with Crippen molar-refractivity contribution in [3.63, 3.8) is 0 Å². The van der Waals surface area contributed by atoms with E-state index in [1.165, 1.54) is 5.56 Å². The number of aliphatic carboxylic acids is 1. The van der Waals surface area contributed by atoms with E-state index in [0.717, 1.165) is 51.5 Å². The summed E-state index contributed by atoms with van der Waals surface area (Å²) in [6, 6.07) is 10.4. The van der Waals surface area contributed by atoms with Gasteiger partial charge in [-0.1, -0.05) is 55.3 Å². The van der Waals surface area contributed by atoms with E-state index in [1.54, 1.807) is 0 Å². The molecule has 2 N–H and O–H groups in total. The van der Waals surface area contributed by atoms with Crippen LogP contribution in [0, 0.1) is 5.92 Å². The topological polar surface area (TPSA) is 77.8 Å². The first-order chi connectivity index (χ1) is 14.1. The van der Waals surface area contributed by atoms with Gasteiger partial charge < -0.3 is 15.1 Å². The van der Waals surface area contributed by atoms with Crippen LogP contribution in [-0.4, -0.2) is 46.2 Å². The van der Waals surface area contributed by atoms with E-state index in [2.05, 4.69) is 24.3 Å². The molecule has 2 rings (SSSR count). The second-order valence-electron chi connectivity index (χ2n) is 7.99. The highest BCUT2D eigenvalue weighted by Gasteiger charge is 2.26. The molecule has 160 valence electrons. The van der Waals surface area contributed by atoms with E-state index >= 15 is 0 Å². The average molecular weight is 402 g/mol. The van der Waals surface area contributed by atoms with Gasteiger partial charge in [-0.15, -0.1) is 0 Å². The maximum atomic E-state index is 12.4. The lowest BCUT2D eigenvalue weighted by molar-refractivity contribution is -0.137. The predicted molar refractivity (Wildman–Crippen MR) is 115 cm³/mol. The number of carbonyl (C=O) groups excluding carboxylic acids is 1. The summed E-state index contributed by atoms with van der Waals surface area (Å²) in [6.07, 6.45) is 12.2. The standard InChI is InChI=1S/C24H35NO4/c26-19-21(18-20-10-4-3-5-11-20)12-8-13-22-14-9-15-23(27)25(22)17-7-2-1-6-16-24(28)29/h3-5,8,10-12,21-22,26H,1-2,6-7,9,13-19H2,(H,28,29)/b12-8+. The number of aliphatic hydroxyl groups is 1. The van der Waals surface area contributed by atoms with Crippen molar-refractivity contribution < 1.29 is 19.8 Å². The zero-order valence-corrected chi connectivity index (χ0v) is 17.3. The van der Waals surface area contributed by atoms with Crippen molar-refractivity contribution in [2.45, 2.75) is 70.3 Å². The molecule has 0 radical (unpaired) electrons. The van der Waals surface area contributed by atoms with Gasteiger partial charge in [0.1, 0.15) is 0 Å². The Balaban J connectivity index is 1.78. The number of rotatable bonds is 13. The molecule has 0 saturated carbocycles. The minimum Gasteiger partial charge on any atom is -0.481 e. The molecule has 1 aliphatic rings. The molecular weight excluding hydrogens is 366 g/mol. The summed E-state index contributed by atoms with van der Waals surface area (Å²) in [5.74, 6) is -0.404. The van der Waals surface area contributed by atoms with E-state index in [0.29, 0.717) is 12.8 Å². The molecule has 1 aromatic carbocycles. The Kier molecular flexibility index (Phi) is 10.5. The third-order valence-electron chi connectivity index (χ3n) is 5.62. The molecule has 1 heterocycles. The number of aliphatic hydroxyl groups excluding tert-OH is 1. The first-order valence-corrected chi connectivity index (χ1v) is 10.9. The number of hydrogen-bond donors (Lipinski definition) is 2. The van der Waals surface area contributed by atoms with E-state index in [4.69, 9.17) is 5.11 Å². The fourth-order valence-electron chi connectivity index (χ4n) is 3.99. The fraction of sp³-hybridized carbons (Fsp3) is 0.583. The van der Waals surface area contributed by atoms with Crippen molar-refractivity contribution in [1.82, 2.24) is 4.90 Å². The Labute approximate surface area is 174 Å². The van der Waals surface area contributed by atoms with Gasteiger partial charge in [0.15, 0.2) is 0 Å². The highest BCUT2D eigenvalue weighted by Crippen LogP contribution is 2.22. The van der Waals surface area contributed by atoms with Crippen molar-refractivity contribution in [3.05, 3.63) is 48.0 Å². The molecule has 1 amide bonds. The lowest BCUT2D eigenvalue weighted by Crippen LogP contribution is -2.43. The van der Waals surface area contributed by atoms with E-state index in [1.807, 2.05) is 23.1 Å². The van der Waals surface area contributed by atoms with Crippen LogP contribution in [-0.2, 0) is 16.0 Å². The zero-order valence-electron chi connectivity index (χ0n) is 17.3. The maximum Gasteiger partial charge on any atom is 0.303 e. The number of nitrogens with zero attached hydrogens (tertiary/aromatic N) is 1. The molecule has 1 aliphatic heterocycles. The Hall–Kier alpha value is -2.14. The zero-order chi connectivity index (χ0) is 20.9. The Morgan fingerprint density at radius 2 is 1.93 bits per heavy atom. The van der Waals surface area contributed by atoms with Crippen LogP contribution in [0.15, 0.2) is 42.5 Å². The van der Waals surface area contributed by atoms with Crippen LogP contribution in [0.25, 0.3) is 0 Å². The number of likely N-dealkylation sites (tertiary alicyclic amines) is 1. The van der Waals surface area contributed by atoms with Gasteiger partial charge >= 0.3 is 5.97 Å². The Bertz CT molecular complexity index is 644. The average Bonchev–Trinajstić information content (AvgIpc) is 2.71. The predicted octanol–water partition coefficient (Wildman–Crippen LogP) is 4.20. The number of piperidine rings is 1. The lowest BCUT2D eigenvalue weighted by atomic mass is 9.95. The lowest BCUT2D eigenvalue weighted by Gasteiger charge is -2.35. The van der Waals surface area contributed by atoms with Crippen molar-refractivity contribution in [2.75, 3.05) is 13.2 Å². The monoisotopic (exact) mass is 401 g/mol. The number of hydrogen-bond acceptors (Lipinski definition) is 3. The van der Waals surface area contributed by atoms with Crippen molar-refractivity contribution in [1.29, 1.82) is 0 Å².